The van der Waals surface area contributed by atoms with Gasteiger partial charge in [0.05, 0.1) is 24.3 Å². The van der Waals surface area contributed by atoms with Crippen LogP contribution < -0.4 is 4.90 Å². The molecule has 0 spiro atoms. The van der Waals surface area contributed by atoms with Gasteiger partial charge in [-0.1, -0.05) is 12.1 Å². The van der Waals surface area contributed by atoms with Crippen molar-refractivity contribution in [2.75, 3.05) is 25.2 Å². The van der Waals surface area contributed by atoms with Gasteiger partial charge in [-0.15, -0.1) is 15.3 Å². The van der Waals surface area contributed by atoms with Crippen LogP contribution in [0.5, 0.6) is 0 Å². The zero-order chi connectivity index (χ0) is 17.4. The van der Waals surface area contributed by atoms with Gasteiger partial charge in [0.25, 0.3) is 0 Å². The van der Waals surface area contributed by atoms with Gasteiger partial charge in [0.15, 0.2) is 11.5 Å². The number of halogens is 1. The minimum Gasteiger partial charge on any atom is -0.394 e. The normalized spacial score (nSPS) is 20.5. The fraction of sp³-hybridized carbons (Fsp3) is 0.353. The molecule has 1 aliphatic rings. The third-order valence-corrected chi connectivity index (χ3v) is 4.58. The van der Waals surface area contributed by atoms with E-state index in [2.05, 4.69) is 15.3 Å². The predicted octanol–water partition coefficient (Wildman–Crippen LogP) is 1.52. The monoisotopic (exact) mass is 343 g/mol. The van der Waals surface area contributed by atoms with Crippen LogP contribution in [0.2, 0.25) is 0 Å². The molecule has 2 aromatic heterocycles. The van der Waals surface area contributed by atoms with E-state index in [9.17, 15) is 9.50 Å². The zero-order valence-electron chi connectivity index (χ0n) is 13.7. The molecule has 7 nitrogen and oxygen atoms in total. The molecule has 25 heavy (non-hydrogen) atoms. The van der Waals surface area contributed by atoms with Crippen LogP contribution in [-0.2, 0) is 4.74 Å². The van der Waals surface area contributed by atoms with Crippen molar-refractivity contribution in [3.8, 4) is 11.4 Å². The molecule has 1 N–H and O–H groups in total. The highest BCUT2D eigenvalue weighted by Gasteiger charge is 2.33. The van der Waals surface area contributed by atoms with Crippen molar-refractivity contribution < 1.29 is 14.2 Å². The molecule has 0 unspecified atom stereocenters. The maximum atomic E-state index is 14.1. The Morgan fingerprint density at radius 3 is 2.84 bits per heavy atom. The number of anilines is 1. The Bertz CT molecular complexity index is 900. The number of fused-ring (bicyclic) bond motifs is 1. The minimum atomic E-state index is -0.377. The first kappa shape index (κ1) is 15.9. The molecule has 0 saturated carbocycles. The second-order valence-electron chi connectivity index (χ2n) is 6.05. The van der Waals surface area contributed by atoms with Gasteiger partial charge in [-0.3, -0.25) is 0 Å². The van der Waals surface area contributed by atoms with Gasteiger partial charge in [-0.05, 0) is 30.7 Å². The number of hydrogen-bond donors (Lipinski definition) is 1. The van der Waals surface area contributed by atoms with Gasteiger partial charge in [0.1, 0.15) is 11.6 Å². The van der Waals surface area contributed by atoms with Gasteiger partial charge < -0.3 is 14.7 Å². The first-order valence-corrected chi connectivity index (χ1v) is 8.09. The first-order valence-electron chi connectivity index (χ1n) is 8.09. The fourth-order valence-corrected chi connectivity index (χ4v) is 3.24. The molecule has 4 rings (SSSR count). The molecule has 8 heteroatoms. The lowest BCUT2D eigenvalue weighted by Crippen LogP contribution is -2.33. The zero-order valence-corrected chi connectivity index (χ0v) is 13.7. The highest BCUT2D eigenvalue weighted by molar-refractivity contribution is 5.60. The van der Waals surface area contributed by atoms with Crippen LogP contribution in [0, 0.1) is 5.82 Å². The number of aliphatic hydroxyl groups excluding tert-OH is 1. The number of methoxy groups -OCH3 is 1. The summed E-state index contributed by atoms with van der Waals surface area (Å²) in [4.78, 5) is 2.00. The van der Waals surface area contributed by atoms with E-state index in [-0.39, 0.29) is 24.6 Å². The first-order chi connectivity index (χ1) is 12.2. The van der Waals surface area contributed by atoms with Gasteiger partial charge in [0.2, 0.25) is 0 Å². The topological polar surface area (TPSA) is 75.8 Å². The summed E-state index contributed by atoms with van der Waals surface area (Å²) in [6.45, 7) is 0.652. The lowest BCUT2D eigenvalue weighted by Gasteiger charge is -2.23. The standard InChI is InChI=1S/C17H18FN5O2/c1-25-12-8-11(10-24)22(9-12)16-7-6-15-19-20-17(23(15)21-16)13-4-2-3-5-14(13)18/h2-7,11-12,24H,8-10H2,1H3/t11-,12-/m0/s1. The predicted molar refractivity (Wildman–Crippen MR) is 89.8 cm³/mol. The highest BCUT2D eigenvalue weighted by Crippen LogP contribution is 2.27. The van der Waals surface area contributed by atoms with E-state index in [0.717, 1.165) is 6.42 Å². The molecular weight excluding hydrogens is 325 g/mol. The summed E-state index contributed by atoms with van der Waals surface area (Å²) in [6.07, 6.45) is 0.774. The second kappa shape index (κ2) is 6.38. The maximum Gasteiger partial charge on any atom is 0.188 e. The molecule has 2 atom stereocenters. The minimum absolute atomic E-state index is 0.0158. The van der Waals surface area contributed by atoms with Crippen molar-refractivity contribution in [3.63, 3.8) is 0 Å². The lowest BCUT2D eigenvalue weighted by atomic mass is 10.2. The number of ether oxygens (including phenoxy) is 1. The molecular formula is C17H18FN5O2. The van der Waals surface area contributed by atoms with Gasteiger partial charge in [-0.25, -0.2) is 4.39 Å². The molecule has 1 fully saturated rings. The van der Waals surface area contributed by atoms with Gasteiger partial charge in [-0.2, -0.15) is 4.52 Å². The Morgan fingerprint density at radius 1 is 1.24 bits per heavy atom. The summed E-state index contributed by atoms with van der Waals surface area (Å²) in [7, 11) is 1.66. The van der Waals surface area contributed by atoms with E-state index in [1.807, 2.05) is 11.0 Å². The summed E-state index contributed by atoms with van der Waals surface area (Å²) in [5, 5.41) is 22.4. The van der Waals surface area contributed by atoms with E-state index in [0.29, 0.717) is 29.4 Å². The van der Waals surface area contributed by atoms with Crippen LogP contribution in [0.3, 0.4) is 0 Å². The Labute approximate surface area is 143 Å². The van der Waals surface area contributed by atoms with Crippen molar-refractivity contribution in [2.45, 2.75) is 18.6 Å². The molecule has 3 aromatic rings. The number of benzene rings is 1. The van der Waals surface area contributed by atoms with Crippen LogP contribution in [0.1, 0.15) is 6.42 Å². The summed E-state index contributed by atoms with van der Waals surface area (Å²) in [5.74, 6) is 0.638. The van der Waals surface area contributed by atoms with Crippen LogP contribution in [0.4, 0.5) is 10.2 Å². The summed E-state index contributed by atoms with van der Waals surface area (Å²) in [6, 6.07) is 9.95. The highest BCUT2D eigenvalue weighted by atomic mass is 19.1. The van der Waals surface area contributed by atoms with E-state index in [1.165, 1.54) is 10.6 Å². The summed E-state index contributed by atoms with van der Waals surface area (Å²) in [5.41, 5.74) is 0.875. The molecule has 0 aliphatic carbocycles. The van der Waals surface area contributed by atoms with Crippen LogP contribution >= 0.6 is 0 Å². The van der Waals surface area contributed by atoms with Gasteiger partial charge in [0, 0.05) is 13.7 Å². The van der Waals surface area contributed by atoms with Crippen molar-refractivity contribution in [1.82, 2.24) is 19.8 Å². The average molecular weight is 343 g/mol. The third kappa shape index (κ3) is 2.73. The van der Waals surface area contributed by atoms with Gasteiger partial charge >= 0.3 is 0 Å². The smallest absolute Gasteiger partial charge is 0.188 e. The second-order valence-corrected chi connectivity index (χ2v) is 6.05. The van der Waals surface area contributed by atoms with E-state index >= 15 is 0 Å². The molecule has 0 amide bonds. The molecule has 130 valence electrons. The molecule has 1 saturated heterocycles. The van der Waals surface area contributed by atoms with Crippen molar-refractivity contribution in [2.24, 2.45) is 0 Å². The van der Waals surface area contributed by atoms with Crippen molar-refractivity contribution >= 4 is 11.5 Å². The number of aliphatic hydroxyl groups is 1. The molecule has 1 aromatic carbocycles. The number of rotatable bonds is 4. The van der Waals surface area contributed by atoms with Crippen molar-refractivity contribution in [1.29, 1.82) is 0 Å². The Kier molecular flexibility index (Phi) is 4.06. The van der Waals surface area contributed by atoms with E-state index < -0.39 is 0 Å². The Morgan fingerprint density at radius 2 is 2.08 bits per heavy atom. The molecule has 0 radical (unpaired) electrons. The lowest BCUT2D eigenvalue weighted by molar-refractivity contribution is 0.115. The molecule has 3 heterocycles. The number of hydrogen-bond acceptors (Lipinski definition) is 6. The van der Waals surface area contributed by atoms with Crippen LogP contribution in [0.25, 0.3) is 17.0 Å². The Hall–Kier alpha value is -2.58. The number of nitrogens with zero attached hydrogens (tertiary/aromatic N) is 5. The third-order valence-electron chi connectivity index (χ3n) is 4.58. The SMILES string of the molecule is CO[C@H]1C[C@@H](CO)N(c2ccc3nnc(-c4ccccc4F)n3n2)C1. The summed E-state index contributed by atoms with van der Waals surface area (Å²) >= 11 is 0. The Balaban J connectivity index is 1.78. The fourth-order valence-electron chi connectivity index (χ4n) is 3.24. The van der Waals surface area contributed by atoms with Crippen LogP contribution in [-0.4, -0.2) is 57.3 Å². The average Bonchev–Trinajstić information content (AvgIpc) is 3.25. The van der Waals surface area contributed by atoms with Crippen molar-refractivity contribution in [3.05, 3.63) is 42.2 Å². The van der Waals surface area contributed by atoms with E-state index in [1.54, 1.807) is 31.4 Å². The van der Waals surface area contributed by atoms with Crippen LogP contribution in [0.15, 0.2) is 36.4 Å². The summed E-state index contributed by atoms with van der Waals surface area (Å²) < 4.78 is 21.1. The largest absolute Gasteiger partial charge is 0.394 e. The molecule has 1 aliphatic heterocycles. The number of aromatic nitrogens is 4. The van der Waals surface area contributed by atoms with E-state index in [4.69, 9.17) is 4.74 Å². The quantitative estimate of drug-likeness (QED) is 0.774. The maximum absolute atomic E-state index is 14.1. The molecule has 0 bridgehead atoms.